The average Bonchev–Trinajstić information content (AvgIpc) is 2.70. The van der Waals surface area contributed by atoms with Crippen LogP contribution in [0.2, 0.25) is 0 Å². The van der Waals surface area contributed by atoms with Crippen molar-refractivity contribution in [2.75, 3.05) is 13.2 Å². The molecule has 0 fully saturated rings. The molecule has 0 radical (unpaired) electrons. The number of para-hydroxylation sites is 2. The number of fused-ring (bicyclic) bond motifs is 2. The number of carbonyl (C=O) groups excluding carboxylic acids is 1. The number of rotatable bonds is 4. The third kappa shape index (κ3) is 3.29. The van der Waals surface area contributed by atoms with Crippen LogP contribution in [0, 0.1) is 17.0 Å². The van der Waals surface area contributed by atoms with E-state index < -0.39 is 16.6 Å². The fraction of sp³-hybridized carbons (Fsp3) is 0.211. The van der Waals surface area contributed by atoms with Crippen LogP contribution in [0.4, 0.5) is 5.69 Å². The van der Waals surface area contributed by atoms with Gasteiger partial charge in [-0.1, -0.05) is 12.1 Å². The van der Waals surface area contributed by atoms with Crippen LogP contribution in [0.5, 0.6) is 11.5 Å². The van der Waals surface area contributed by atoms with E-state index in [1.165, 1.54) is 12.1 Å². The molecule has 0 atom stereocenters. The molecular weight excluding hydrogens is 366 g/mol. The quantitative estimate of drug-likeness (QED) is 0.385. The Hall–Kier alpha value is -3.75. The highest BCUT2D eigenvalue weighted by Gasteiger charge is 2.27. The van der Waals surface area contributed by atoms with Gasteiger partial charge in [0.25, 0.3) is 5.69 Å². The van der Waals surface area contributed by atoms with Crippen molar-refractivity contribution in [2.45, 2.75) is 13.5 Å². The lowest BCUT2D eigenvalue weighted by Crippen LogP contribution is -2.17. The molecule has 0 spiro atoms. The maximum absolute atomic E-state index is 12.5. The molecule has 0 saturated heterocycles. The molecule has 3 aromatic rings. The van der Waals surface area contributed by atoms with Crippen LogP contribution in [0.25, 0.3) is 11.0 Å². The summed E-state index contributed by atoms with van der Waals surface area (Å²) < 4.78 is 16.0. The Labute approximate surface area is 159 Å². The minimum Gasteiger partial charge on any atom is -0.486 e. The van der Waals surface area contributed by atoms with Crippen LogP contribution in [-0.4, -0.2) is 34.1 Å². The Bertz CT molecular complexity index is 1100. The Balaban J connectivity index is 1.60. The van der Waals surface area contributed by atoms with Gasteiger partial charge in [-0.3, -0.25) is 10.1 Å². The van der Waals surface area contributed by atoms with Crippen LogP contribution >= 0.6 is 0 Å². The van der Waals surface area contributed by atoms with Gasteiger partial charge in [-0.2, -0.15) is 0 Å². The molecule has 0 aliphatic carbocycles. The molecule has 0 bridgehead atoms. The van der Waals surface area contributed by atoms with Crippen molar-refractivity contribution in [3.63, 3.8) is 0 Å². The number of carbonyl (C=O) groups is 1. The molecule has 4 rings (SSSR count). The largest absolute Gasteiger partial charge is 0.486 e. The highest BCUT2D eigenvalue weighted by molar-refractivity contribution is 5.95. The third-order valence-electron chi connectivity index (χ3n) is 4.26. The van der Waals surface area contributed by atoms with E-state index >= 15 is 0 Å². The van der Waals surface area contributed by atoms with Gasteiger partial charge in [0, 0.05) is 6.07 Å². The molecule has 1 aromatic heterocycles. The van der Waals surface area contributed by atoms with Gasteiger partial charge >= 0.3 is 5.97 Å². The first-order valence-electron chi connectivity index (χ1n) is 8.50. The number of hydrogen-bond acceptors (Lipinski definition) is 8. The van der Waals surface area contributed by atoms with E-state index in [-0.39, 0.29) is 30.3 Å². The molecule has 0 unspecified atom stereocenters. The predicted molar refractivity (Wildman–Crippen MR) is 97.5 cm³/mol. The van der Waals surface area contributed by atoms with Gasteiger partial charge in [0.15, 0.2) is 11.5 Å². The second-order valence-corrected chi connectivity index (χ2v) is 6.09. The number of benzene rings is 2. The number of hydrogen-bond donors (Lipinski definition) is 0. The van der Waals surface area contributed by atoms with E-state index in [0.29, 0.717) is 23.5 Å². The van der Waals surface area contributed by atoms with Crippen molar-refractivity contribution in [3.8, 4) is 11.5 Å². The summed E-state index contributed by atoms with van der Waals surface area (Å²) >= 11 is 0. The molecule has 1 aliphatic rings. The number of nitro benzene ring substituents is 1. The van der Waals surface area contributed by atoms with E-state index in [9.17, 15) is 14.9 Å². The first kappa shape index (κ1) is 17.7. The molecule has 28 heavy (non-hydrogen) atoms. The first-order valence-corrected chi connectivity index (χ1v) is 8.50. The highest BCUT2D eigenvalue weighted by atomic mass is 16.6. The lowest BCUT2D eigenvalue weighted by atomic mass is 10.1. The minimum absolute atomic E-state index is 0.159. The predicted octanol–water partition coefficient (Wildman–Crippen LogP) is 2.97. The van der Waals surface area contributed by atoms with E-state index in [2.05, 4.69) is 9.97 Å². The molecule has 0 amide bonds. The number of aromatic nitrogens is 2. The zero-order valence-electron chi connectivity index (χ0n) is 14.9. The van der Waals surface area contributed by atoms with Gasteiger partial charge in [0.1, 0.15) is 25.4 Å². The maximum Gasteiger partial charge on any atom is 0.345 e. The highest BCUT2D eigenvalue weighted by Crippen LogP contribution is 2.37. The van der Waals surface area contributed by atoms with E-state index in [1.54, 1.807) is 13.0 Å². The fourth-order valence-electron chi connectivity index (χ4n) is 2.87. The fourth-order valence-corrected chi connectivity index (χ4v) is 2.87. The molecular formula is C19H15N3O6. The van der Waals surface area contributed by atoms with Crippen molar-refractivity contribution >= 4 is 22.7 Å². The van der Waals surface area contributed by atoms with E-state index in [0.717, 1.165) is 5.52 Å². The normalized spacial score (nSPS) is 12.6. The number of ether oxygens (including phenoxy) is 3. The van der Waals surface area contributed by atoms with Crippen LogP contribution in [-0.2, 0) is 11.3 Å². The lowest BCUT2D eigenvalue weighted by molar-refractivity contribution is -0.385. The number of esters is 1. The van der Waals surface area contributed by atoms with Crippen molar-refractivity contribution in [1.82, 2.24) is 9.97 Å². The summed E-state index contributed by atoms with van der Waals surface area (Å²) in [6.45, 7) is 2.18. The van der Waals surface area contributed by atoms with Gasteiger partial charge in [-0.25, -0.2) is 14.8 Å². The molecule has 0 N–H and O–H groups in total. The molecule has 1 aliphatic heterocycles. The average molecular weight is 381 g/mol. The Morgan fingerprint density at radius 1 is 1.14 bits per heavy atom. The van der Waals surface area contributed by atoms with Gasteiger partial charge in [-0.05, 0) is 19.1 Å². The van der Waals surface area contributed by atoms with E-state index in [4.69, 9.17) is 14.2 Å². The molecule has 9 heteroatoms. The van der Waals surface area contributed by atoms with Gasteiger partial charge in [-0.15, -0.1) is 0 Å². The zero-order valence-corrected chi connectivity index (χ0v) is 14.9. The van der Waals surface area contributed by atoms with Crippen molar-refractivity contribution in [1.29, 1.82) is 0 Å². The second-order valence-electron chi connectivity index (χ2n) is 6.09. The van der Waals surface area contributed by atoms with Crippen molar-refractivity contribution < 1.29 is 23.9 Å². The Kier molecular flexibility index (Phi) is 4.48. The summed E-state index contributed by atoms with van der Waals surface area (Å²) in [5.74, 6) is -0.353. The molecule has 0 saturated carbocycles. The molecule has 2 aromatic carbocycles. The van der Waals surface area contributed by atoms with Gasteiger partial charge in [0.05, 0.1) is 33.4 Å². The van der Waals surface area contributed by atoms with Crippen LogP contribution in [0.1, 0.15) is 21.7 Å². The monoisotopic (exact) mass is 381 g/mol. The van der Waals surface area contributed by atoms with Crippen molar-refractivity contribution in [3.05, 3.63) is 63.5 Å². The topological polar surface area (TPSA) is 114 Å². The standard InChI is InChI=1S/C19H15N3O6/c1-11-15(21-14-5-3-2-4-13(14)20-11)10-28-19(23)12-8-17-18(27-7-6-26-17)9-16(12)22(24)25/h2-5,8-9H,6-7,10H2,1H3. The smallest absolute Gasteiger partial charge is 0.345 e. The molecule has 2 heterocycles. The molecule has 9 nitrogen and oxygen atoms in total. The summed E-state index contributed by atoms with van der Waals surface area (Å²) in [5.41, 5.74) is 1.88. The molecule has 142 valence electrons. The van der Waals surface area contributed by atoms with Crippen molar-refractivity contribution in [2.24, 2.45) is 0 Å². The summed E-state index contributed by atoms with van der Waals surface area (Å²) in [6, 6.07) is 9.78. The SMILES string of the molecule is Cc1nc2ccccc2nc1COC(=O)c1cc2c(cc1[N+](=O)[O-])OCCO2. The van der Waals surface area contributed by atoms with Crippen LogP contribution < -0.4 is 9.47 Å². The minimum atomic E-state index is -0.849. The lowest BCUT2D eigenvalue weighted by Gasteiger charge is -2.18. The van der Waals surface area contributed by atoms with Gasteiger partial charge in [0.2, 0.25) is 0 Å². The van der Waals surface area contributed by atoms with Crippen LogP contribution in [0.3, 0.4) is 0 Å². The zero-order chi connectivity index (χ0) is 19.7. The summed E-state index contributed by atoms with van der Waals surface area (Å²) in [7, 11) is 0. The number of nitrogens with zero attached hydrogens (tertiary/aromatic N) is 3. The summed E-state index contributed by atoms with van der Waals surface area (Å²) in [6.07, 6.45) is 0. The summed E-state index contributed by atoms with van der Waals surface area (Å²) in [4.78, 5) is 32.1. The third-order valence-corrected chi connectivity index (χ3v) is 4.26. The number of aryl methyl sites for hydroxylation is 1. The second kappa shape index (κ2) is 7.10. The van der Waals surface area contributed by atoms with E-state index in [1.807, 2.05) is 18.2 Å². The van der Waals surface area contributed by atoms with Gasteiger partial charge < -0.3 is 14.2 Å². The summed E-state index contributed by atoms with van der Waals surface area (Å²) in [5, 5.41) is 11.4. The van der Waals surface area contributed by atoms with Crippen LogP contribution in [0.15, 0.2) is 36.4 Å². The Morgan fingerprint density at radius 3 is 2.46 bits per heavy atom. The first-order chi connectivity index (χ1) is 13.5. The maximum atomic E-state index is 12.5. The number of nitro groups is 1. The Morgan fingerprint density at radius 2 is 1.79 bits per heavy atom.